The van der Waals surface area contributed by atoms with E-state index in [2.05, 4.69) is 35.8 Å². The number of aromatic nitrogens is 3. The first kappa shape index (κ1) is 26.1. The van der Waals surface area contributed by atoms with Gasteiger partial charge in [-0.2, -0.15) is 4.98 Å². The topological polar surface area (TPSA) is 129 Å². The number of benzene rings is 1. The van der Waals surface area contributed by atoms with Gasteiger partial charge in [0.25, 0.3) is 0 Å². The monoisotopic (exact) mass is 537 g/mol. The Morgan fingerprint density at radius 2 is 1.89 bits per heavy atom. The zero-order valence-corrected chi connectivity index (χ0v) is 22.9. The van der Waals surface area contributed by atoms with Crippen molar-refractivity contribution in [2.75, 3.05) is 34.6 Å². The lowest BCUT2D eigenvalue weighted by molar-refractivity contribution is 0.248. The molecule has 2 aliphatic rings. The lowest BCUT2D eigenvalue weighted by Gasteiger charge is -2.42. The Kier molecular flexibility index (Phi) is 7.38. The predicted octanol–water partition coefficient (Wildman–Crippen LogP) is 4.40. The molecule has 0 saturated heterocycles. The number of carbonyl (C=O) groups excluding carboxylic acids is 1. The molecule has 0 bridgehead atoms. The number of rotatable bonds is 8. The van der Waals surface area contributed by atoms with Gasteiger partial charge in [-0.15, -0.1) is 0 Å². The molecule has 0 unspecified atom stereocenters. The zero-order chi connectivity index (χ0) is 26.9. The number of pyridine rings is 1. The third-order valence-electron chi connectivity index (χ3n) is 7.51. The molecular weight excluding hydrogens is 502 g/mol. The van der Waals surface area contributed by atoms with Crippen molar-refractivity contribution in [3.63, 3.8) is 0 Å². The highest BCUT2D eigenvalue weighted by atomic mass is 32.2. The third-order valence-corrected chi connectivity index (χ3v) is 8.59. The van der Waals surface area contributed by atoms with Gasteiger partial charge in [0.15, 0.2) is 5.65 Å². The molecule has 10 nitrogen and oxygen atoms in total. The average Bonchev–Trinajstić information content (AvgIpc) is 3.33. The molecule has 2 aliphatic carbocycles. The first-order chi connectivity index (χ1) is 18.1. The molecule has 5 rings (SSSR count). The first-order valence-electron chi connectivity index (χ1n) is 13.1. The van der Waals surface area contributed by atoms with E-state index in [1.54, 1.807) is 6.20 Å². The minimum absolute atomic E-state index is 0.225. The van der Waals surface area contributed by atoms with E-state index in [-0.39, 0.29) is 23.7 Å². The molecule has 2 fully saturated rings. The van der Waals surface area contributed by atoms with E-state index in [4.69, 9.17) is 0 Å². The van der Waals surface area contributed by atoms with Crippen LogP contribution in [0.4, 0.5) is 27.9 Å². The summed E-state index contributed by atoms with van der Waals surface area (Å²) in [6, 6.07) is 10.1. The second-order valence-corrected chi connectivity index (χ2v) is 12.9. The Balaban J connectivity index is 1.26. The van der Waals surface area contributed by atoms with Crippen molar-refractivity contribution in [1.82, 2.24) is 20.3 Å². The van der Waals surface area contributed by atoms with Gasteiger partial charge in [0.05, 0.1) is 5.75 Å². The summed E-state index contributed by atoms with van der Waals surface area (Å²) in [5, 5.41) is 9.95. The Hall–Kier alpha value is -3.47. The first-order valence-corrected chi connectivity index (χ1v) is 15.2. The van der Waals surface area contributed by atoms with Crippen LogP contribution < -0.4 is 20.9 Å². The number of urea groups is 1. The van der Waals surface area contributed by atoms with Gasteiger partial charge in [-0.3, -0.25) is 5.32 Å². The number of fused-ring (bicyclic) bond motifs is 1. The summed E-state index contributed by atoms with van der Waals surface area (Å²) in [6.07, 6.45) is 9.11. The Bertz CT molecular complexity index is 1430. The van der Waals surface area contributed by atoms with E-state index in [0.29, 0.717) is 23.5 Å². The molecule has 38 heavy (non-hydrogen) atoms. The normalized spacial score (nSPS) is 19.7. The molecule has 2 amide bonds. The maximum atomic E-state index is 12.4. The molecule has 11 heteroatoms. The maximum absolute atomic E-state index is 12.4. The molecule has 0 spiro atoms. The van der Waals surface area contributed by atoms with Crippen LogP contribution in [0.2, 0.25) is 0 Å². The molecule has 0 aliphatic heterocycles. The number of anilines is 4. The number of nitrogens with one attached hydrogen (secondary N) is 3. The van der Waals surface area contributed by atoms with Crippen LogP contribution in [0.3, 0.4) is 0 Å². The summed E-state index contributed by atoms with van der Waals surface area (Å²) in [5.41, 5.74) is 3.30. The van der Waals surface area contributed by atoms with Crippen LogP contribution in [0.5, 0.6) is 0 Å². The molecule has 2 heterocycles. The zero-order valence-electron chi connectivity index (χ0n) is 22.1. The minimum atomic E-state index is -2.94. The van der Waals surface area contributed by atoms with Crippen LogP contribution in [0.15, 0.2) is 36.5 Å². The SMILES string of the molecule is Cc1cc(NC(=O)NC2CCCC2)nc2nc(Nc3cccc(N(C)C4CC(CS(C)(=O)=O)C4)c3)ncc12. The van der Waals surface area contributed by atoms with Gasteiger partial charge in [-0.1, -0.05) is 18.9 Å². The predicted molar refractivity (Wildman–Crippen MR) is 151 cm³/mol. The smallest absolute Gasteiger partial charge is 0.320 e. The van der Waals surface area contributed by atoms with Gasteiger partial charge in [-0.05, 0) is 68.4 Å². The number of aryl methyl sites for hydroxylation is 1. The van der Waals surface area contributed by atoms with Gasteiger partial charge in [-0.25, -0.2) is 23.2 Å². The van der Waals surface area contributed by atoms with Crippen molar-refractivity contribution >= 4 is 50.0 Å². The fourth-order valence-electron chi connectivity index (χ4n) is 5.42. The van der Waals surface area contributed by atoms with Gasteiger partial charge in [0.1, 0.15) is 15.7 Å². The summed E-state index contributed by atoms with van der Waals surface area (Å²) >= 11 is 0. The molecule has 1 aromatic carbocycles. The second kappa shape index (κ2) is 10.7. The molecule has 0 atom stereocenters. The fourth-order valence-corrected chi connectivity index (χ4v) is 6.55. The van der Waals surface area contributed by atoms with Gasteiger partial charge >= 0.3 is 6.03 Å². The molecule has 202 valence electrons. The van der Waals surface area contributed by atoms with Crippen LogP contribution >= 0.6 is 0 Å². The van der Waals surface area contributed by atoms with Crippen molar-refractivity contribution in [1.29, 1.82) is 0 Å². The fraction of sp³-hybridized carbons (Fsp3) is 0.481. The molecule has 3 N–H and O–H groups in total. The van der Waals surface area contributed by atoms with Crippen LogP contribution in [0.25, 0.3) is 11.0 Å². The number of hydrogen-bond donors (Lipinski definition) is 3. The summed E-state index contributed by atoms with van der Waals surface area (Å²) in [5.74, 6) is 1.35. The Morgan fingerprint density at radius 3 is 2.63 bits per heavy atom. The Morgan fingerprint density at radius 1 is 1.13 bits per heavy atom. The Labute approximate surface area is 223 Å². The molecular formula is C27H35N7O3S. The number of carbonyl (C=O) groups is 1. The van der Waals surface area contributed by atoms with E-state index >= 15 is 0 Å². The molecule has 2 saturated carbocycles. The van der Waals surface area contributed by atoms with Crippen molar-refractivity contribution in [3.05, 3.63) is 42.1 Å². The van der Waals surface area contributed by atoms with Crippen molar-refractivity contribution < 1.29 is 13.2 Å². The number of nitrogens with zero attached hydrogens (tertiary/aromatic N) is 4. The maximum Gasteiger partial charge on any atom is 0.320 e. The summed E-state index contributed by atoms with van der Waals surface area (Å²) < 4.78 is 23.1. The lowest BCUT2D eigenvalue weighted by Crippen LogP contribution is -2.44. The van der Waals surface area contributed by atoms with E-state index in [1.807, 2.05) is 44.3 Å². The highest BCUT2D eigenvalue weighted by molar-refractivity contribution is 7.90. The molecule has 0 radical (unpaired) electrons. The van der Waals surface area contributed by atoms with Crippen LogP contribution in [-0.2, 0) is 9.84 Å². The summed E-state index contributed by atoms with van der Waals surface area (Å²) in [4.78, 5) is 28.3. The van der Waals surface area contributed by atoms with Crippen LogP contribution in [-0.4, -0.2) is 60.5 Å². The van der Waals surface area contributed by atoms with E-state index in [0.717, 1.165) is 60.8 Å². The minimum Gasteiger partial charge on any atom is -0.372 e. The van der Waals surface area contributed by atoms with Crippen molar-refractivity contribution in [2.45, 2.75) is 57.5 Å². The van der Waals surface area contributed by atoms with Gasteiger partial charge < -0.3 is 15.5 Å². The third kappa shape index (κ3) is 6.32. The lowest BCUT2D eigenvalue weighted by atomic mass is 9.80. The largest absolute Gasteiger partial charge is 0.372 e. The van der Waals surface area contributed by atoms with E-state index in [9.17, 15) is 13.2 Å². The van der Waals surface area contributed by atoms with Gasteiger partial charge in [0.2, 0.25) is 5.95 Å². The van der Waals surface area contributed by atoms with E-state index < -0.39 is 9.84 Å². The number of hydrogen-bond acceptors (Lipinski definition) is 8. The quantitative estimate of drug-likeness (QED) is 0.386. The highest BCUT2D eigenvalue weighted by Gasteiger charge is 2.34. The second-order valence-electron chi connectivity index (χ2n) is 10.7. The number of amides is 2. The van der Waals surface area contributed by atoms with Crippen LogP contribution in [0.1, 0.15) is 44.1 Å². The standard InChI is InChI=1S/C27H35N7O3S/c1-17-11-24(32-27(35)30-19-7-4-5-8-19)31-25-23(17)15-28-26(33-25)29-20-9-6-10-21(14-20)34(2)22-12-18(13-22)16-38(3,36)37/h6,9-11,14-15,18-19,22H,4-5,7-8,12-13,16H2,1-3H3,(H3,28,29,30,31,32,33,35). The molecule has 3 aromatic rings. The summed E-state index contributed by atoms with van der Waals surface area (Å²) in [7, 11) is -0.904. The number of sulfone groups is 1. The highest BCUT2D eigenvalue weighted by Crippen LogP contribution is 2.35. The van der Waals surface area contributed by atoms with E-state index in [1.165, 1.54) is 6.26 Å². The summed E-state index contributed by atoms with van der Waals surface area (Å²) in [6.45, 7) is 1.95. The van der Waals surface area contributed by atoms with Crippen molar-refractivity contribution in [3.8, 4) is 0 Å². The van der Waals surface area contributed by atoms with Crippen LogP contribution in [0, 0.1) is 12.8 Å². The molecule has 2 aromatic heterocycles. The average molecular weight is 538 g/mol. The van der Waals surface area contributed by atoms with Gasteiger partial charge in [0, 0.05) is 48.3 Å². The van der Waals surface area contributed by atoms with Crippen molar-refractivity contribution in [2.24, 2.45) is 5.92 Å².